The molecule has 0 N–H and O–H groups in total. The Morgan fingerprint density at radius 1 is 0.765 bits per heavy atom. The Bertz CT molecular complexity index is 1250. The van der Waals surface area contributed by atoms with Crippen LogP contribution in [0.2, 0.25) is 0 Å². The van der Waals surface area contributed by atoms with Crippen molar-refractivity contribution in [1.82, 2.24) is 10.0 Å². The molecule has 6 nitrogen and oxygen atoms in total. The van der Waals surface area contributed by atoms with Crippen molar-refractivity contribution in [2.45, 2.75) is 39.0 Å². The van der Waals surface area contributed by atoms with E-state index in [-0.39, 0.29) is 71.6 Å². The molecular formula is C26H26N6Y2-2. The summed E-state index contributed by atoms with van der Waals surface area (Å²) in [5, 5.41) is 13.3. The van der Waals surface area contributed by atoms with E-state index in [1.807, 2.05) is 12.1 Å². The first-order valence-corrected chi connectivity index (χ1v) is 11.4. The van der Waals surface area contributed by atoms with Gasteiger partial charge < -0.3 is 9.80 Å². The number of benzene rings is 2. The van der Waals surface area contributed by atoms with E-state index >= 15 is 0 Å². The van der Waals surface area contributed by atoms with Crippen LogP contribution in [0.4, 0.5) is 11.4 Å². The predicted octanol–water partition coefficient (Wildman–Crippen LogP) is 4.04. The fraction of sp³-hybridized carbons (Fsp3) is 0.308. The number of rotatable bonds is 0. The van der Waals surface area contributed by atoms with E-state index in [0.717, 1.165) is 18.7 Å². The number of anilines is 2. The maximum Gasteiger partial charge on any atom is 0.143 e. The average Bonchev–Trinajstić information content (AvgIpc) is 3.50. The van der Waals surface area contributed by atoms with Gasteiger partial charge in [0.15, 0.2) is 0 Å². The second-order valence-corrected chi connectivity index (χ2v) is 9.37. The monoisotopic (exact) mass is 600 g/mol. The van der Waals surface area contributed by atoms with Crippen molar-refractivity contribution in [3.63, 3.8) is 0 Å². The molecule has 0 aliphatic carbocycles. The number of hydrogen-bond donors (Lipinski definition) is 0. The molecule has 34 heavy (non-hydrogen) atoms. The van der Waals surface area contributed by atoms with Crippen LogP contribution in [0.5, 0.6) is 0 Å². The fourth-order valence-corrected chi connectivity index (χ4v) is 6.24. The minimum absolute atomic E-state index is 0. The van der Waals surface area contributed by atoms with Gasteiger partial charge in [-0.3, -0.25) is 10.0 Å². The first kappa shape index (κ1) is 24.4. The second-order valence-electron chi connectivity index (χ2n) is 9.37. The van der Waals surface area contributed by atoms with Crippen LogP contribution in [0.25, 0.3) is 6.08 Å². The zero-order valence-corrected chi connectivity index (χ0v) is 25.7. The fourth-order valence-electron chi connectivity index (χ4n) is 6.24. The molecule has 8 rings (SSSR count). The summed E-state index contributed by atoms with van der Waals surface area (Å²) in [6, 6.07) is 13.2. The molecule has 0 saturated heterocycles. The Balaban J connectivity index is 0.000000134. The molecule has 6 heterocycles. The smallest absolute Gasteiger partial charge is 0.143 e. The van der Waals surface area contributed by atoms with Gasteiger partial charge in [-0.25, -0.2) is 0 Å². The van der Waals surface area contributed by atoms with E-state index in [4.69, 9.17) is 0 Å². The largest absolute Gasteiger partial charge is 0.367 e. The van der Waals surface area contributed by atoms with Crippen molar-refractivity contribution in [2.75, 3.05) is 23.9 Å². The summed E-state index contributed by atoms with van der Waals surface area (Å²) < 4.78 is 0. The van der Waals surface area contributed by atoms with Crippen molar-refractivity contribution < 1.29 is 65.4 Å². The Hall–Kier alpha value is -1.33. The van der Waals surface area contributed by atoms with Crippen LogP contribution < -0.4 is 9.80 Å². The van der Waals surface area contributed by atoms with Crippen molar-refractivity contribution in [3.8, 4) is 0 Å². The molecule has 0 fully saturated rings. The number of hydrogen-bond acceptors (Lipinski definition) is 6. The van der Waals surface area contributed by atoms with Gasteiger partial charge in [-0.05, 0) is 12.5 Å². The summed E-state index contributed by atoms with van der Waals surface area (Å²) in [5.41, 5.74) is 8.31. The van der Waals surface area contributed by atoms with Gasteiger partial charge >= 0.3 is 0 Å². The third kappa shape index (κ3) is 3.14. The number of likely N-dealkylation sites (N-methyl/N-ethyl adjacent to an activating group) is 2. The van der Waals surface area contributed by atoms with Crippen molar-refractivity contribution in [3.05, 3.63) is 76.6 Å². The van der Waals surface area contributed by atoms with Crippen LogP contribution >= 0.6 is 0 Å². The van der Waals surface area contributed by atoms with Crippen LogP contribution in [0, 0.1) is 11.8 Å². The molecule has 0 spiro atoms. The number of para-hydroxylation sites is 2. The number of hydrazone groups is 2. The summed E-state index contributed by atoms with van der Waals surface area (Å²) in [6.45, 7) is 4.43. The van der Waals surface area contributed by atoms with E-state index in [1.165, 1.54) is 51.3 Å². The third-order valence-electron chi connectivity index (χ3n) is 7.58. The van der Waals surface area contributed by atoms with E-state index < -0.39 is 0 Å². The SMILES string of the molecule is C[C-]1c2cccc3c2N2C(=NN(C)C12)C=C3.C[C-]1c2cccc3c2N2C(=NN(C)C12)CC3.[Y].[Y]. The van der Waals surface area contributed by atoms with Gasteiger partial charge in [0, 0.05) is 85.9 Å². The van der Waals surface area contributed by atoms with Gasteiger partial charge in [0.25, 0.3) is 0 Å². The normalized spacial score (nSPS) is 23.1. The molecule has 8 heteroatoms. The van der Waals surface area contributed by atoms with Gasteiger partial charge in [-0.2, -0.15) is 33.5 Å². The standard InChI is InChI=1S/C13H14N3.C13H12N3.2Y/c2*1-8-10-5-3-4-9-6-7-11-14-15(2)13(8)16(11)12(9)10;;/h3-5,13H,6-7H2,1-2H3;3-7,13H,1-2H3;;/q2*-1;;. The summed E-state index contributed by atoms with van der Waals surface area (Å²) in [5.74, 6) is 5.12. The third-order valence-corrected chi connectivity index (χ3v) is 7.58. The van der Waals surface area contributed by atoms with Gasteiger partial charge in [-0.15, -0.1) is 24.0 Å². The van der Waals surface area contributed by atoms with Crippen LogP contribution in [0.1, 0.15) is 42.5 Å². The average molecular weight is 600 g/mol. The number of amidine groups is 2. The molecule has 168 valence electrons. The van der Waals surface area contributed by atoms with Crippen molar-refractivity contribution >= 4 is 29.1 Å². The van der Waals surface area contributed by atoms with Crippen LogP contribution in [-0.4, -0.2) is 48.1 Å². The van der Waals surface area contributed by atoms with Crippen LogP contribution in [0.3, 0.4) is 0 Å². The molecule has 6 aliphatic rings. The predicted molar refractivity (Wildman–Crippen MR) is 129 cm³/mol. The van der Waals surface area contributed by atoms with Gasteiger partial charge in [-0.1, -0.05) is 54.6 Å². The minimum atomic E-state index is 0. The second kappa shape index (κ2) is 8.65. The van der Waals surface area contributed by atoms with E-state index in [2.05, 4.69) is 94.5 Å². The summed E-state index contributed by atoms with van der Waals surface area (Å²) in [6.07, 6.45) is 7.09. The van der Waals surface area contributed by atoms with Gasteiger partial charge in [0.2, 0.25) is 0 Å². The van der Waals surface area contributed by atoms with E-state index in [9.17, 15) is 0 Å². The summed E-state index contributed by atoms with van der Waals surface area (Å²) >= 11 is 0. The zero-order chi connectivity index (χ0) is 21.7. The summed E-state index contributed by atoms with van der Waals surface area (Å²) in [4.78, 5) is 4.75. The molecule has 2 aromatic rings. The molecule has 2 unspecified atom stereocenters. The van der Waals surface area contributed by atoms with Crippen molar-refractivity contribution in [1.29, 1.82) is 0 Å². The van der Waals surface area contributed by atoms with E-state index in [1.54, 1.807) is 0 Å². The first-order chi connectivity index (χ1) is 15.5. The Kier molecular flexibility index (Phi) is 6.20. The van der Waals surface area contributed by atoms with Crippen LogP contribution in [-0.2, 0) is 71.8 Å². The Morgan fingerprint density at radius 3 is 2.18 bits per heavy atom. The molecule has 2 radical (unpaired) electrons. The van der Waals surface area contributed by atoms with E-state index in [0.29, 0.717) is 6.17 Å². The zero-order valence-electron chi connectivity index (χ0n) is 20.0. The topological polar surface area (TPSA) is 37.7 Å². The summed E-state index contributed by atoms with van der Waals surface area (Å²) in [7, 11) is 4.12. The van der Waals surface area contributed by atoms with Crippen LogP contribution in [0.15, 0.2) is 52.7 Å². The Morgan fingerprint density at radius 2 is 1.41 bits per heavy atom. The molecule has 0 amide bonds. The van der Waals surface area contributed by atoms with Gasteiger partial charge in [0.05, 0.1) is 12.3 Å². The Labute approximate surface area is 251 Å². The molecule has 2 atom stereocenters. The minimum Gasteiger partial charge on any atom is -0.367 e. The molecular weight excluding hydrogens is 574 g/mol. The quantitative estimate of drug-likeness (QED) is 0.429. The molecule has 0 aromatic heterocycles. The molecule has 2 aromatic carbocycles. The molecule has 0 saturated carbocycles. The molecule has 0 bridgehead atoms. The number of nitrogens with zero attached hydrogens (tertiary/aromatic N) is 6. The number of aryl methyl sites for hydroxylation is 1. The van der Waals surface area contributed by atoms with Gasteiger partial charge in [0.1, 0.15) is 11.7 Å². The van der Waals surface area contributed by atoms with Crippen molar-refractivity contribution in [2.24, 2.45) is 10.2 Å². The maximum absolute atomic E-state index is 4.64. The molecule has 6 aliphatic heterocycles. The maximum atomic E-state index is 4.64. The first-order valence-electron chi connectivity index (χ1n) is 11.4.